The molecule has 0 bridgehead atoms. The van der Waals surface area contributed by atoms with Crippen LogP contribution < -0.4 is 10.0 Å². The van der Waals surface area contributed by atoms with Crippen molar-refractivity contribution >= 4 is 50.0 Å². The highest BCUT2D eigenvalue weighted by Crippen LogP contribution is 2.33. The number of carbonyl (C=O) groups excluding carboxylic acids is 2. The summed E-state index contributed by atoms with van der Waals surface area (Å²) >= 11 is 1.28. The molecule has 0 spiro atoms. The van der Waals surface area contributed by atoms with Gasteiger partial charge in [-0.2, -0.15) is 0 Å². The quantitative estimate of drug-likeness (QED) is 0.261. The van der Waals surface area contributed by atoms with E-state index in [1.165, 1.54) is 23.9 Å². The zero-order valence-electron chi connectivity index (χ0n) is 22.4. The molecule has 5 rings (SSSR count). The molecule has 1 aliphatic heterocycles. The number of amidine groups is 1. The van der Waals surface area contributed by atoms with E-state index in [2.05, 4.69) is 27.2 Å². The van der Waals surface area contributed by atoms with Crippen molar-refractivity contribution in [2.45, 2.75) is 25.2 Å². The third-order valence-electron chi connectivity index (χ3n) is 6.50. The molecule has 0 unspecified atom stereocenters. The number of hydrogen-bond donors (Lipinski definition) is 2. The Morgan fingerprint density at radius 2 is 1.49 bits per heavy atom. The van der Waals surface area contributed by atoms with E-state index < -0.39 is 15.9 Å². The van der Waals surface area contributed by atoms with Gasteiger partial charge in [-0.1, -0.05) is 84.4 Å². The van der Waals surface area contributed by atoms with Gasteiger partial charge in [-0.15, -0.1) is 0 Å². The zero-order chi connectivity index (χ0) is 29.0. The minimum absolute atomic E-state index is 0.0339. The predicted octanol–water partition coefficient (Wildman–Crippen LogP) is 5.99. The molecule has 4 aromatic rings. The molecule has 1 aliphatic rings. The van der Waals surface area contributed by atoms with E-state index in [9.17, 15) is 18.0 Å². The standard InChI is InChI=1S/C32H27N3O4S2/c1-21-8-18-28(19-9-21)41(38,39)35-29(36)20-23-10-16-27(17-11-23)33-32-34-31(37)30(40-32)22(2)24-12-14-26(15-13-24)25-6-4-3-5-7-25/h3-19H,20H2,1-2H3,(H,35,36)(H,33,34,37)/b30-22-. The fourth-order valence-corrected chi connectivity index (χ4v) is 6.13. The summed E-state index contributed by atoms with van der Waals surface area (Å²) in [4.78, 5) is 30.3. The summed E-state index contributed by atoms with van der Waals surface area (Å²) in [5.41, 5.74) is 6.19. The molecule has 0 saturated carbocycles. The summed E-state index contributed by atoms with van der Waals surface area (Å²) in [5.74, 6) is -0.841. The number of aryl methyl sites for hydroxylation is 1. The Bertz CT molecular complexity index is 1760. The highest BCUT2D eigenvalue weighted by Gasteiger charge is 2.26. The van der Waals surface area contributed by atoms with Crippen LogP contribution in [0.4, 0.5) is 5.69 Å². The smallest absolute Gasteiger partial charge is 0.264 e. The number of nitrogens with zero attached hydrogens (tertiary/aromatic N) is 1. The van der Waals surface area contributed by atoms with Gasteiger partial charge in [0.2, 0.25) is 5.91 Å². The fourth-order valence-electron chi connectivity index (χ4n) is 4.25. The van der Waals surface area contributed by atoms with Crippen LogP contribution in [0.5, 0.6) is 0 Å². The van der Waals surface area contributed by atoms with E-state index in [1.54, 1.807) is 36.4 Å². The maximum atomic E-state index is 12.7. The van der Waals surface area contributed by atoms with Gasteiger partial charge in [0, 0.05) is 0 Å². The van der Waals surface area contributed by atoms with Crippen molar-refractivity contribution in [3.05, 3.63) is 125 Å². The lowest BCUT2D eigenvalue weighted by Crippen LogP contribution is -2.31. The molecular weight excluding hydrogens is 555 g/mol. The molecular formula is C32H27N3O4S2. The summed E-state index contributed by atoms with van der Waals surface area (Å²) in [6.07, 6.45) is -0.109. The number of amides is 2. The Kier molecular flexibility index (Phi) is 8.19. The van der Waals surface area contributed by atoms with Crippen molar-refractivity contribution in [1.82, 2.24) is 10.0 Å². The largest absolute Gasteiger partial charge is 0.300 e. The van der Waals surface area contributed by atoms with Crippen LogP contribution in [-0.2, 0) is 26.0 Å². The average Bonchev–Trinajstić information content (AvgIpc) is 3.33. The second-order valence-electron chi connectivity index (χ2n) is 9.56. The second-order valence-corrected chi connectivity index (χ2v) is 12.2. The van der Waals surface area contributed by atoms with Crippen LogP contribution in [0.15, 0.2) is 118 Å². The van der Waals surface area contributed by atoms with Crippen LogP contribution in [-0.4, -0.2) is 25.4 Å². The molecule has 0 aromatic heterocycles. The molecule has 4 aromatic carbocycles. The number of carbonyl (C=O) groups is 2. The Morgan fingerprint density at radius 3 is 2.15 bits per heavy atom. The van der Waals surface area contributed by atoms with Gasteiger partial charge in [0.15, 0.2) is 5.17 Å². The molecule has 1 fully saturated rings. The lowest BCUT2D eigenvalue weighted by atomic mass is 10.0. The van der Waals surface area contributed by atoms with Gasteiger partial charge >= 0.3 is 0 Å². The van der Waals surface area contributed by atoms with Gasteiger partial charge in [-0.05, 0) is 77.7 Å². The number of hydrogen-bond acceptors (Lipinski definition) is 6. The Labute approximate surface area is 243 Å². The molecule has 0 radical (unpaired) electrons. The van der Waals surface area contributed by atoms with Crippen molar-refractivity contribution in [1.29, 1.82) is 0 Å². The summed E-state index contributed by atoms with van der Waals surface area (Å²) in [6.45, 7) is 3.77. The van der Waals surface area contributed by atoms with Crippen molar-refractivity contribution < 1.29 is 18.0 Å². The van der Waals surface area contributed by atoms with Gasteiger partial charge in [0.25, 0.3) is 15.9 Å². The highest BCUT2D eigenvalue weighted by molar-refractivity contribution is 8.18. The number of thioether (sulfide) groups is 1. The Morgan fingerprint density at radius 1 is 0.854 bits per heavy atom. The monoisotopic (exact) mass is 581 g/mol. The molecule has 0 aliphatic carbocycles. The van der Waals surface area contributed by atoms with E-state index in [1.807, 2.05) is 56.3 Å². The maximum absolute atomic E-state index is 12.7. The summed E-state index contributed by atoms with van der Waals surface area (Å²) in [7, 11) is -3.94. The molecule has 2 N–H and O–H groups in total. The lowest BCUT2D eigenvalue weighted by Gasteiger charge is -2.07. The van der Waals surface area contributed by atoms with Gasteiger partial charge in [0.05, 0.1) is 21.9 Å². The Hall–Kier alpha value is -4.47. The SMILES string of the molecule is C/C(=C1/SC(=Nc2ccc(CC(=O)NS(=O)(=O)c3ccc(C)cc3)cc2)NC1=O)c1ccc(-c2ccccc2)cc1. The molecule has 7 nitrogen and oxygen atoms in total. The first-order valence-corrected chi connectivity index (χ1v) is 15.1. The third-order valence-corrected chi connectivity index (χ3v) is 8.97. The number of allylic oxidation sites excluding steroid dienone is 1. The van der Waals surface area contributed by atoms with Crippen LogP contribution in [0.25, 0.3) is 16.7 Å². The minimum atomic E-state index is -3.94. The van der Waals surface area contributed by atoms with Crippen molar-refractivity contribution in [2.24, 2.45) is 4.99 Å². The number of aliphatic imine (C=N–C) groups is 1. The minimum Gasteiger partial charge on any atom is -0.300 e. The van der Waals surface area contributed by atoms with Crippen LogP contribution >= 0.6 is 11.8 Å². The first-order valence-electron chi connectivity index (χ1n) is 12.8. The van der Waals surface area contributed by atoms with Crippen LogP contribution in [0.3, 0.4) is 0 Å². The van der Waals surface area contributed by atoms with Crippen molar-refractivity contribution in [2.75, 3.05) is 0 Å². The second kappa shape index (κ2) is 12.0. The van der Waals surface area contributed by atoms with Crippen molar-refractivity contribution in [3.8, 4) is 11.1 Å². The molecule has 41 heavy (non-hydrogen) atoms. The molecule has 2 amide bonds. The molecule has 206 valence electrons. The topological polar surface area (TPSA) is 105 Å². The predicted molar refractivity (Wildman–Crippen MR) is 164 cm³/mol. The highest BCUT2D eigenvalue weighted by atomic mass is 32.2. The van der Waals surface area contributed by atoms with Crippen LogP contribution in [0, 0.1) is 6.92 Å². The lowest BCUT2D eigenvalue weighted by molar-refractivity contribution is -0.118. The maximum Gasteiger partial charge on any atom is 0.264 e. The normalized spacial score (nSPS) is 15.5. The van der Waals surface area contributed by atoms with Crippen LogP contribution in [0.1, 0.15) is 23.6 Å². The van der Waals surface area contributed by atoms with Gasteiger partial charge < -0.3 is 5.32 Å². The number of nitrogens with one attached hydrogen (secondary N) is 2. The van der Waals surface area contributed by atoms with Crippen molar-refractivity contribution in [3.63, 3.8) is 0 Å². The van der Waals surface area contributed by atoms with E-state index in [0.29, 0.717) is 21.3 Å². The fraction of sp³-hybridized carbons (Fsp3) is 0.0938. The van der Waals surface area contributed by atoms with Gasteiger partial charge in [0.1, 0.15) is 0 Å². The van der Waals surface area contributed by atoms with Crippen LogP contribution in [0.2, 0.25) is 0 Å². The first-order chi connectivity index (χ1) is 19.7. The number of rotatable bonds is 7. The summed E-state index contributed by atoms with van der Waals surface area (Å²) in [6, 6.07) is 31.3. The van der Waals surface area contributed by atoms with E-state index in [0.717, 1.165) is 27.8 Å². The molecule has 9 heteroatoms. The summed E-state index contributed by atoms with van der Waals surface area (Å²) in [5, 5.41) is 3.28. The van der Waals surface area contributed by atoms with Gasteiger partial charge in [-0.3, -0.25) is 9.59 Å². The third kappa shape index (κ3) is 6.82. The van der Waals surface area contributed by atoms with E-state index >= 15 is 0 Å². The number of sulfonamides is 1. The Balaban J connectivity index is 1.23. The molecule has 0 atom stereocenters. The van der Waals surface area contributed by atoms with Gasteiger partial charge in [-0.25, -0.2) is 18.1 Å². The molecule has 1 heterocycles. The molecule has 1 saturated heterocycles. The van der Waals surface area contributed by atoms with E-state index in [-0.39, 0.29) is 17.2 Å². The number of benzene rings is 4. The average molecular weight is 582 g/mol. The first kappa shape index (κ1) is 28.1. The summed E-state index contributed by atoms with van der Waals surface area (Å²) < 4.78 is 27.0. The zero-order valence-corrected chi connectivity index (χ0v) is 24.1. The van der Waals surface area contributed by atoms with E-state index in [4.69, 9.17) is 0 Å².